The summed E-state index contributed by atoms with van der Waals surface area (Å²) in [5, 5.41) is 31.0. The quantitative estimate of drug-likeness (QED) is 0.195. The molecule has 0 saturated carbocycles. The Bertz CT molecular complexity index is 1970. The first-order chi connectivity index (χ1) is 20.9. The van der Waals surface area contributed by atoms with Crippen LogP contribution in [0.4, 0.5) is 0 Å². The van der Waals surface area contributed by atoms with Gasteiger partial charge in [-0.3, -0.25) is 4.79 Å². The molecule has 0 amide bonds. The van der Waals surface area contributed by atoms with Crippen molar-refractivity contribution in [3.05, 3.63) is 80.5 Å². The zero-order valence-electron chi connectivity index (χ0n) is 23.3. The minimum atomic E-state index is -3.52. The predicted molar refractivity (Wildman–Crippen MR) is 167 cm³/mol. The monoisotopic (exact) mass is 736 g/mol. The van der Waals surface area contributed by atoms with E-state index in [0.29, 0.717) is 34.9 Å². The number of oxime groups is 1. The number of aromatic hydroxyl groups is 1. The first kappa shape index (κ1) is 34.5. The van der Waals surface area contributed by atoms with E-state index in [2.05, 4.69) is 20.3 Å². The van der Waals surface area contributed by atoms with Crippen LogP contribution in [0, 0.1) is 6.92 Å². The molecule has 0 unspecified atom stereocenters. The number of carbonyl (C=O) groups is 2. The molecule has 238 valence electrons. The van der Waals surface area contributed by atoms with Gasteiger partial charge in [-0.15, -0.1) is 5.10 Å². The van der Waals surface area contributed by atoms with Gasteiger partial charge in [0.15, 0.2) is 21.4 Å². The molecule has 1 aliphatic heterocycles. The molecule has 0 saturated heterocycles. The van der Waals surface area contributed by atoms with Gasteiger partial charge >= 0.3 is 5.97 Å². The average Bonchev–Trinajstić information content (AvgIpc) is 3.69. The highest BCUT2D eigenvalue weighted by atomic mass is 35.6. The normalized spacial score (nSPS) is 13.1. The highest BCUT2D eigenvalue weighted by molar-refractivity contribution is 7.90. The summed E-state index contributed by atoms with van der Waals surface area (Å²) in [5.74, 6) is -2.76. The van der Waals surface area contributed by atoms with Gasteiger partial charge in [-0.2, -0.15) is 5.10 Å². The molecule has 0 atom stereocenters. The van der Waals surface area contributed by atoms with Crippen LogP contribution in [0.15, 0.2) is 46.6 Å². The van der Waals surface area contributed by atoms with E-state index in [0.717, 1.165) is 10.9 Å². The molecule has 5 rings (SSSR count). The maximum absolute atomic E-state index is 12.8. The van der Waals surface area contributed by atoms with Crippen LogP contribution in [0.25, 0.3) is 5.69 Å². The van der Waals surface area contributed by atoms with E-state index in [1.807, 2.05) is 0 Å². The van der Waals surface area contributed by atoms with E-state index in [-0.39, 0.29) is 38.4 Å². The number of aromatic carboxylic acids is 1. The van der Waals surface area contributed by atoms with Gasteiger partial charge in [-0.1, -0.05) is 63.2 Å². The zero-order chi connectivity index (χ0) is 33.4. The standard InChI is InChI=1S/C16H17N3O5S.C10H4Cl5N3O2/c1-9-10(15(20)11-8-17-19(2)16(11)21)4-5-13(25(3,22)23)14(9)12-6-7-24-18-12;11-4-1-2-6(5(12)3-4)18-9(10(13,14)15)16-7(17-18)8(19)20/h4-5,8,21H,6-7H2,1-3H3;1-3H,(H,19,20). The molecular weight excluding hydrogens is 718 g/mol. The number of rotatable bonds is 6. The Kier molecular flexibility index (Phi) is 10.1. The number of aryl methyl sites for hydroxylation is 1. The van der Waals surface area contributed by atoms with Crippen molar-refractivity contribution < 1.29 is 33.1 Å². The van der Waals surface area contributed by atoms with Crippen molar-refractivity contribution in [3.63, 3.8) is 0 Å². The topological polar surface area (TPSA) is 179 Å². The highest BCUT2D eigenvalue weighted by Crippen LogP contribution is 2.39. The van der Waals surface area contributed by atoms with Crippen LogP contribution in [0.3, 0.4) is 0 Å². The van der Waals surface area contributed by atoms with E-state index in [1.54, 1.807) is 6.92 Å². The third kappa shape index (κ3) is 7.37. The summed E-state index contributed by atoms with van der Waals surface area (Å²) in [4.78, 5) is 32.5. The fourth-order valence-corrected chi connectivity index (χ4v) is 6.04. The number of nitrogens with zero attached hydrogens (tertiary/aromatic N) is 6. The fraction of sp³-hybridized carbons (Fsp3) is 0.231. The Morgan fingerprint density at radius 1 is 1.09 bits per heavy atom. The molecule has 0 radical (unpaired) electrons. The average molecular weight is 739 g/mol. The summed E-state index contributed by atoms with van der Waals surface area (Å²) < 4.78 is 24.5. The van der Waals surface area contributed by atoms with E-state index in [4.69, 9.17) is 67.9 Å². The van der Waals surface area contributed by atoms with Gasteiger partial charge in [0, 0.05) is 35.9 Å². The van der Waals surface area contributed by atoms with E-state index >= 15 is 0 Å². The number of aromatic nitrogens is 5. The number of ketones is 1. The summed E-state index contributed by atoms with van der Waals surface area (Å²) in [6.45, 7) is 2.02. The molecule has 2 N–H and O–H groups in total. The van der Waals surface area contributed by atoms with Crippen LogP contribution in [-0.2, 0) is 25.5 Å². The molecule has 3 heterocycles. The van der Waals surface area contributed by atoms with Crippen LogP contribution >= 0.6 is 58.0 Å². The van der Waals surface area contributed by atoms with Gasteiger partial charge < -0.3 is 15.1 Å². The smallest absolute Gasteiger partial charge is 0.375 e. The molecule has 4 aromatic rings. The number of hydrogen-bond donors (Lipinski definition) is 2. The largest absolute Gasteiger partial charge is 0.493 e. The molecule has 0 aliphatic carbocycles. The maximum atomic E-state index is 12.8. The van der Waals surface area contributed by atoms with Crippen molar-refractivity contribution in [3.8, 4) is 11.6 Å². The molecule has 0 bridgehead atoms. The summed E-state index contributed by atoms with van der Waals surface area (Å²) in [6, 6.07) is 7.32. The lowest BCUT2D eigenvalue weighted by Crippen LogP contribution is -2.14. The van der Waals surface area contributed by atoms with Crippen molar-refractivity contribution in [1.82, 2.24) is 24.5 Å². The molecule has 45 heavy (non-hydrogen) atoms. The Hall–Kier alpha value is -3.40. The molecule has 19 heteroatoms. The Morgan fingerprint density at radius 2 is 1.78 bits per heavy atom. The Morgan fingerprint density at radius 3 is 2.29 bits per heavy atom. The van der Waals surface area contributed by atoms with Crippen molar-refractivity contribution in [2.45, 2.75) is 22.0 Å². The minimum absolute atomic E-state index is 0.0493. The summed E-state index contributed by atoms with van der Waals surface area (Å²) in [7, 11) is -2.00. The third-order valence-corrected chi connectivity index (χ3v) is 8.49. The van der Waals surface area contributed by atoms with Gasteiger partial charge in [0.25, 0.3) is 5.82 Å². The van der Waals surface area contributed by atoms with Crippen LogP contribution in [0.1, 0.15) is 49.9 Å². The van der Waals surface area contributed by atoms with Crippen molar-refractivity contribution in [2.75, 3.05) is 12.9 Å². The first-order valence-electron chi connectivity index (χ1n) is 12.4. The lowest BCUT2D eigenvalue weighted by atomic mass is 9.93. The molecule has 0 fully saturated rings. The number of carboxylic acids is 1. The maximum Gasteiger partial charge on any atom is 0.375 e. The third-order valence-electron chi connectivity index (χ3n) is 6.31. The molecular formula is C26H21Cl5N6O7S. The van der Waals surface area contributed by atoms with Crippen molar-refractivity contribution >= 4 is 85.3 Å². The number of carboxylic acid groups (broad SMARTS) is 1. The second-order valence-corrected chi connectivity index (χ2v) is 14.5. The Labute approximate surface area is 280 Å². The predicted octanol–water partition coefficient (Wildman–Crippen LogP) is 5.29. The Balaban J connectivity index is 0.000000210. The highest BCUT2D eigenvalue weighted by Gasteiger charge is 2.33. The number of alkyl halides is 3. The van der Waals surface area contributed by atoms with E-state index in [9.17, 15) is 23.1 Å². The van der Waals surface area contributed by atoms with Gasteiger partial charge in [0.05, 0.1) is 27.5 Å². The summed E-state index contributed by atoms with van der Waals surface area (Å²) in [5.41, 5.74) is 1.96. The summed E-state index contributed by atoms with van der Waals surface area (Å²) >= 11 is 29.1. The van der Waals surface area contributed by atoms with Crippen LogP contribution in [0.2, 0.25) is 10.0 Å². The van der Waals surface area contributed by atoms with Crippen LogP contribution < -0.4 is 0 Å². The van der Waals surface area contributed by atoms with Gasteiger partial charge in [0.2, 0.25) is 9.67 Å². The second-order valence-electron chi connectivity index (χ2n) is 9.41. The van der Waals surface area contributed by atoms with Crippen LogP contribution in [-0.4, -0.2) is 73.5 Å². The van der Waals surface area contributed by atoms with Gasteiger partial charge in [0.1, 0.15) is 12.2 Å². The second kappa shape index (κ2) is 13.1. The molecule has 0 spiro atoms. The first-order valence-corrected chi connectivity index (χ1v) is 16.2. The molecule has 2 aromatic heterocycles. The summed E-state index contributed by atoms with van der Waals surface area (Å²) in [6.07, 6.45) is 2.84. The number of sulfone groups is 1. The number of benzene rings is 2. The van der Waals surface area contributed by atoms with Gasteiger partial charge in [-0.05, 0) is 42.8 Å². The lowest BCUT2D eigenvalue weighted by Gasteiger charge is -2.14. The number of halogens is 5. The zero-order valence-corrected chi connectivity index (χ0v) is 27.9. The number of carbonyl (C=O) groups excluding carboxylic acids is 1. The SMILES string of the molecule is Cc1c(C(=O)c2cnn(C)c2O)ccc(S(C)(=O)=O)c1C1=NOCC1.O=C(O)c1nc(C(Cl)(Cl)Cl)n(-c2ccc(Cl)cc2Cl)n1. The molecule has 13 nitrogen and oxygen atoms in total. The fourth-order valence-electron chi connectivity index (χ4n) is 4.23. The lowest BCUT2D eigenvalue weighted by molar-refractivity contribution is 0.0683. The van der Waals surface area contributed by atoms with Gasteiger partial charge in [-0.25, -0.2) is 27.6 Å². The van der Waals surface area contributed by atoms with E-state index in [1.165, 1.54) is 48.3 Å². The molecule has 2 aromatic carbocycles. The molecule has 1 aliphatic rings. The minimum Gasteiger partial charge on any atom is -0.493 e. The van der Waals surface area contributed by atoms with Crippen molar-refractivity contribution in [1.29, 1.82) is 0 Å². The van der Waals surface area contributed by atoms with Crippen molar-refractivity contribution in [2.24, 2.45) is 12.2 Å². The number of hydrogen-bond acceptors (Lipinski definition) is 10. The van der Waals surface area contributed by atoms with E-state index < -0.39 is 31.2 Å². The van der Waals surface area contributed by atoms with Crippen LogP contribution in [0.5, 0.6) is 5.88 Å².